The van der Waals surface area contributed by atoms with E-state index in [1.54, 1.807) is 0 Å². The number of rotatable bonds is 7. The maximum Gasteiger partial charge on any atom is 0.511 e. The standard InChI is InChI=1S/C28H32F3N5O3S2/c1-17-11-24(33-14-17)27(37)34-15-18-5-6-22-23(19-3-2-4-20(13-19)26(32)40)16-36(25(22)12-18)21-7-9-35(10-8-21)41(38,39)28(29,30)31/h2-6,12-13,16-17,21,24,33H,7-11,14-15H2,1H3,(H2,32,40)(H,34,37)/t17-,24?/m0/s1. The van der Waals surface area contributed by atoms with Crippen molar-refractivity contribution in [1.29, 1.82) is 0 Å². The molecule has 1 aromatic heterocycles. The highest BCUT2D eigenvalue weighted by atomic mass is 32.2. The lowest BCUT2D eigenvalue weighted by molar-refractivity contribution is -0.123. The molecule has 1 unspecified atom stereocenters. The molecule has 2 aromatic carbocycles. The average Bonchev–Trinajstić information content (AvgIpc) is 3.55. The van der Waals surface area contributed by atoms with Crippen LogP contribution in [-0.4, -0.2) is 59.4 Å². The Labute approximate surface area is 242 Å². The molecule has 2 fully saturated rings. The molecule has 8 nitrogen and oxygen atoms in total. The third-order valence-electron chi connectivity index (χ3n) is 7.94. The van der Waals surface area contributed by atoms with Crippen LogP contribution in [0.4, 0.5) is 13.2 Å². The Morgan fingerprint density at radius 1 is 1.17 bits per heavy atom. The maximum atomic E-state index is 13.1. The van der Waals surface area contributed by atoms with Gasteiger partial charge in [-0.2, -0.15) is 17.5 Å². The number of carbonyl (C=O) groups excluding carboxylic acids is 1. The third-order valence-corrected chi connectivity index (χ3v) is 9.81. The zero-order chi connectivity index (χ0) is 29.5. The lowest BCUT2D eigenvalue weighted by atomic mass is 10.0. The number of halogens is 3. The average molecular weight is 608 g/mol. The first-order valence-corrected chi connectivity index (χ1v) is 15.3. The maximum absolute atomic E-state index is 13.1. The fourth-order valence-electron chi connectivity index (χ4n) is 5.71. The third kappa shape index (κ3) is 5.99. The highest BCUT2D eigenvalue weighted by molar-refractivity contribution is 7.90. The second kappa shape index (κ2) is 11.3. The Kier molecular flexibility index (Phi) is 8.16. The molecule has 0 aliphatic carbocycles. The van der Waals surface area contributed by atoms with Gasteiger partial charge in [-0.05, 0) is 55.0 Å². The molecule has 3 aromatic rings. The number of piperidine rings is 1. The zero-order valence-electron chi connectivity index (χ0n) is 22.4. The van der Waals surface area contributed by atoms with Crippen molar-refractivity contribution in [3.05, 3.63) is 59.8 Å². The zero-order valence-corrected chi connectivity index (χ0v) is 24.1. The summed E-state index contributed by atoms with van der Waals surface area (Å²) in [5, 5.41) is 7.15. The molecule has 0 spiro atoms. The molecule has 1 amide bonds. The molecular weight excluding hydrogens is 575 g/mol. The van der Waals surface area contributed by atoms with E-state index < -0.39 is 15.5 Å². The fraction of sp³-hybridized carbons (Fsp3) is 0.429. The molecule has 5 rings (SSSR count). The van der Waals surface area contributed by atoms with Gasteiger partial charge in [-0.25, -0.2) is 8.42 Å². The van der Waals surface area contributed by atoms with Gasteiger partial charge in [0.15, 0.2) is 0 Å². The van der Waals surface area contributed by atoms with Crippen LogP contribution in [0.1, 0.15) is 43.4 Å². The van der Waals surface area contributed by atoms with Crippen LogP contribution >= 0.6 is 12.2 Å². The molecule has 2 aliphatic rings. The summed E-state index contributed by atoms with van der Waals surface area (Å²) in [5.74, 6) is 0.381. The first kappa shape index (κ1) is 29.5. The minimum atomic E-state index is -5.38. The van der Waals surface area contributed by atoms with E-state index in [1.807, 2.05) is 53.2 Å². The van der Waals surface area contributed by atoms with Crippen LogP contribution in [0.15, 0.2) is 48.7 Å². The number of nitrogens with one attached hydrogen (secondary N) is 2. The number of fused-ring (bicyclic) bond motifs is 1. The summed E-state index contributed by atoms with van der Waals surface area (Å²) in [6, 6.07) is 12.9. The van der Waals surface area contributed by atoms with Gasteiger partial charge in [0.05, 0.1) is 6.04 Å². The van der Waals surface area contributed by atoms with Gasteiger partial charge < -0.3 is 20.9 Å². The van der Waals surface area contributed by atoms with Crippen molar-refractivity contribution in [2.45, 2.75) is 50.3 Å². The van der Waals surface area contributed by atoms with Crippen LogP contribution in [0.2, 0.25) is 0 Å². The largest absolute Gasteiger partial charge is 0.511 e. The minimum Gasteiger partial charge on any atom is -0.389 e. The number of nitrogens with zero attached hydrogens (tertiary/aromatic N) is 2. The Morgan fingerprint density at radius 3 is 2.54 bits per heavy atom. The van der Waals surface area contributed by atoms with Gasteiger partial charge in [0.25, 0.3) is 0 Å². The number of amides is 1. The number of nitrogens with two attached hydrogens (primary N) is 1. The van der Waals surface area contributed by atoms with E-state index in [0.29, 0.717) is 22.3 Å². The number of benzene rings is 2. The lowest BCUT2D eigenvalue weighted by Gasteiger charge is -2.32. The molecule has 0 bridgehead atoms. The van der Waals surface area contributed by atoms with E-state index in [1.165, 1.54) is 0 Å². The number of carbonyl (C=O) groups is 1. The molecule has 0 saturated carbocycles. The molecule has 2 saturated heterocycles. The summed E-state index contributed by atoms with van der Waals surface area (Å²) in [7, 11) is -5.38. The molecule has 2 aliphatic heterocycles. The highest BCUT2D eigenvalue weighted by Crippen LogP contribution is 2.38. The fourth-order valence-corrected chi connectivity index (χ4v) is 6.82. The number of sulfonamides is 1. The molecule has 3 heterocycles. The Bertz CT molecular complexity index is 1580. The number of hydrogen-bond acceptors (Lipinski definition) is 5. The van der Waals surface area contributed by atoms with Crippen molar-refractivity contribution >= 4 is 44.0 Å². The second-order valence-electron chi connectivity index (χ2n) is 10.8. The predicted octanol–water partition coefficient (Wildman–Crippen LogP) is 4.04. The molecule has 4 N–H and O–H groups in total. The van der Waals surface area contributed by atoms with E-state index >= 15 is 0 Å². The molecule has 41 heavy (non-hydrogen) atoms. The Morgan fingerprint density at radius 2 is 1.90 bits per heavy atom. The normalized spacial score (nSPS) is 20.9. The van der Waals surface area contributed by atoms with Crippen molar-refractivity contribution in [2.24, 2.45) is 11.7 Å². The number of thiocarbonyl (C=S) groups is 1. The summed E-state index contributed by atoms with van der Waals surface area (Å²) in [6.07, 6.45) is 3.18. The van der Waals surface area contributed by atoms with Crippen molar-refractivity contribution in [2.75, 3.05) is 19.6 Å². The summed E-state index contributed by atoms with van der Waals surface area (Å²) in [5.41, 5.74) is 4.72. The Hall–Kier alpha value is -3.00. The topological polar surface area (TPSA) is 109 Å². The van der Waals surface area contributed by atoms with Gasteiger partial charge in [-0.15, -0.1) is 0 Å². The quantitative estimate of drug-likeness (QED) is 0.350. The predicted molar refractivity (Wildman–Crippen MR) is 155 cm³/mol. The number of alkyl halides is 3. The first-order chi connectivity index (χ1) is 19.3. The number of aromatic nitrogens is 1. The molecule has 2 atom stereocenters. The van der Waals surface area contributed by atoms with Gasteiger partial charge in [0, 0.05) is 53.9 Å². The van der Waals surface area contributed by atoms with Crippen LogP contribution in [-0.2, 0) is 21.4 Å². The Balaban J connectivity index is 1.46. The monoisotopic (exact) mass is 607 g/mol. The highest BCUT2D eigenvalue weighted by Gasteiger charge is 2.50. The van der Waals surface area contributed by atoms with Crippen molar-refractivity contribution < 1.29 is 26.4 Å². The smallest absolute Gasteiger partial charge is 0.389 e. The van der Waals surface area contributed by atoms with E-state index in [2.05, 4.69) is 17.6 Å². The summed E-state index contributed by atoms with van der Waals surface area (Å²) in [4.78, 5) is 12.9. The lowest BCUT2D eigenvalue weighted by Crippen LogP contribution is -2.45. The first-order valence-electron chi connectivity index (χ1n) is 13.5. The van der Waals surface area contributed by atoms with E-state index in [-0.39, 0.29) is 48.9 Å². The van der Waals surface area contributed by atoms with Crippen LogP contribution in [0.25, 0.3) is 22.0 Å². The minimum absolute atomic E-state index is 0.0571. The van der Waals surface area contributed by atoms with E-state index in [0.717, 1.165) is 40.6 Å². The molecule has 220 valence electrons. The number of hydrogen-bond donors (Lipinski definition) is 3. The second-order valence-corrected chi connectivity index (χ2v) is 13.2. The van der Waals surface area contributed by atoms with Gasteiger partial charge in [0.2, 0.25) is 5.91 Å². The summed E-state index contributed by atoms with van der Waals surface area (Å²) in [6.45, 7) is 2.75. The van der Waals surface area contributed by atoms with E-state index in [4.69, 9.17) is 18.0 Å². The van der Waals surface area contributed by atoms with Crippen LogP contribution in [0.3, 0.4) is 0 Å². The van der Waals surface area contributed by atoms with Crippen molar-refractivity contribution in [3.63, 3.8) is 0 Å². The van der Waals surface area contributed by atoms with Crippen molar-refractivity contribution in [3.8, 4) is 11.1 Å². The SMILES string of the molecule is C[C@@H]1CNC(C(=O)NCc2ccc3c(-c4cccc(C(N)=S)c4)cn(C4CCN(S(=O)(=O)C(F)(F)F)CC4)c3c2)C1. The molecule has 0 radical (unpaired) electrons. The van der Waals surface area contributed by atoms with Gasteiger partial charge in [0.1, 0.15) is 4.99 Å². The van der Waals surface area contributed by atoms with Gasteiger partial charge in [-0.3, -0.25) is 4.79 Å². The summed E-state index contributed by atoms with van der Waals surface area (Å²) < 4.78 is 65.8. The van der Waals surface area contributed by atoms with Crippen LogP contribution in [0, 0.1) is 5.92 Å². The van der Waals surface area contributed by atoms with Gasteiger partial charge >= 0.3 is 15.5 Å². The summed E-state index contributed by atoms with van der Waals surface area (Å²) >= 11 is 5.16. The van der Waals surface area contributed by atoms with Crippen LogP contribution < -0.4 is 16.4 Å². The molecule has 13 heteroatoms. The molecular formula is C28H32F3N5O3S2. The van der Waals surface area contributed by atoms with E-state index in [9.17, 15) is 26.4 Å². The van der Waals surface area contributed by atoms with Gasteiger partial charge in [-0.1, -0.05) is 49.5 Å². The van der Waals surface area contributed by atoms with Crippen molar-refractivity contribution in [1.82, 2.24) is 19.5 Å². The van der Waals surface area contributed by atoms with Crippen LogP contribution in [0.5, 0.6) is 0 Å².